The molecule has 1 nitrogen and oxygen atoms in total. The summed E-state index contributed by atoms with van der Waals surface area (Å²) in [5, 5.41) is 0. The summed E-state index contributed by atoms with van der Waals surface area (Å²) >= 11 is 6.57. The lowest BCUT2D eigenvalue weighted by molar-refractivity contribution is 0.330. The molecule has 4 heteroatoms. The van der Waals surface area contributed by atoms with Crippen LogP contribution in [0.4, 0.5) is 0 Å². The molecule has 0 heterocycles. The Kier molecular flexibility index (Phi) is 5.46. The smallest absolute Gasteiger partial charge is 0.109 e. The van der Waals surface area contributed by atoms with E-state index in [1.54, 1.807) is 0 Å². The predicted molar refractivity (Wildman–Crippen MR) is 68.2 cm³/mol. The first kappa shape index (κ1) is 13.9. The minimum absolute atomic E-state index is 0.419. The molecule has 0 aliphatic carbocycles. The molecule has 0 saturated carbocycles. The second-order valence-corrected chi connectivity index (χ2v) is 17.4. The first-order chi connectivity index (χ1) is 5.68. The molecular formula is C9H23ClNPSi. The molecule has 0 spiro atoms. The van der Waals surface area contributed by atoms with Gasteiger partial charge in [0.25, 0.3) is 0 Å². The third kappa shape index (κ3) is 4.29. The summed E-state index contributed by atoms with van der Waals surface area (Å²) in [5.74, 6) is 0. The van der Waals surface area contributed by atoms with Gasteiger partial charge >= 0.3 is 0 Å². The molecule has 1 atom stereocenters. The van der Waals surface area contributed by atoms with Gasteiger partial charge in [-0.1, -0.05) is 30.9 Å². The van der Waals surface area contributed by atoms with E-state index in [9.17, 15) is 0 Å². The fourth-order valence-corrected chi connectivity index (χ4v) is 7.36. The third-order valence-electron chi connectivity index (χ3n) is 1.81. The van der Waals surface area contributed by atoms with Crippen LogP contribution in [-0.4, -0.2) is 24.5 Å². The Morgan fingerprint density at radius 2 is 1.31 bits per heavy atom. The summed E-state index contributed by atoms with van der Waals surface area (Å²) in [5.41, 5.74) is 0. The highest BCUT2D eigenvalue weighted by Crippen LogP contribution is 2.56. The molecule has 0 aromatic carbocycles. The average Bonchev–Trinajstić information content (AvgIpc) is 1.82. The first-order valence-corrected chi connectivity index (χ1v) is 11.5. The average molecular weight is 240 g/mol. The summed E-state index contributed by atoms with van der Waals surface area (Å²) in [4.78, 5) is 0. The SMILES string of the molecule is CC(C)N(C(C)C)P(Cl)[Si](C)(C)C. The molecule has 1 unspecified atom stereocenters. The third-order valence-corrected chi connectivity index (χ3v) is 13.4. The lowest BCUT2D eigenvalue weighted by atomic mass is 10.3. The summed E-state index contributed by atoms with van der Waals surface area (Å²) in [6.07, 6.45) is 0. The molecule has 13 heavy (non-hydrogen) atoms. The minimum Gasteiger partial charge on any atom is -0.268 e. The van der Waals surface area contributed by atoms with E-state index in [1.807, 2.05) is 0 Å². The van der Waals surface area contributed by atoms with E-state index < -0.39 is 14.7 Å². The van der Waals surface area contributed by atoms with Crippen molar-refractivity contribution in [3.8, 4) is 0 Å². The van der Waals surface area contributed by atoms with E-state index in [-0.39, 0.29) is 0 Å². The van der Waals surface area contributed by atoms with Crippen molar-refractivity contribution < 1.29 is 0 Å². The summed E-state index contributed by atoms with van der Waals surface area (Å²) < 4.78 is 2.48. The van der Waals surface area contributed by atoms with Gasteiger partial charge in [-0.05, 0) is 27.7 Å². The number of hydrogen-bond acceptors (Lipinski definition) is 1. The normalized spacial score (nSPS) is 15.9. The van der Waals surface area contributed by atoms with Crippen molar-refractivity contribution >= 4 is 26.0 Å². The van der Waals surface area contributed by atoms with Crippen LogP contribution in [0.15, 0.2) is 0 Å². The van der Waals surface area contributed by atoms with Crippen LogP contribution in [0.3, 0.4) is 0 Å². The van der Waals surface area contributed by atoms with Gasteiger partial charge in [0.2, 0.25) is 0 Å². The van der Waals surface area contributed by atoms with Gasteiger partial charge in [-0.15, -0.1) is 0 Å². The van der Waals surface area contributed by atoms with Gasteiger partial charge in [-0.2, -0.15) is 0 Å². The van der Waals surface area contributed by atoms with Gasteiger partial charge in [-0.3, -0.25) is 4.67 Å². The molecule has 0 saturated heterocycles. The molecule has 0 radical (unpaired) electrons. The molecule has 0 aromatic heterocycles. The highest BCUT2D eigenvalue weighted by atomic mass is 35.7. The number of halogens is 1. The van der Waals surface area contributed by atoms with E-state index in [0.29, 0.717) is 12.1 Å². The summed E-state index contributed by atoms with van der Waals surface area (Å²) in [6, 6.07) is 1.13. The van der Waals surface area contributed by atoms with Gasteiger partial charge in [0.1, 0.15) is 7.74 Å². The van der Waals surface area contributed by atoms with Crippen LogP contribution in [0.2, 0.25) is 19.6 Å². The Morgan fingerprint density at radius 1 is 1.00 bits per heavy atom. The number of hydrogen-bond donors (Lipinski definition) is 0. The second kappa shape index (κ2) is 5.11. The molecule has 0 aliphatic rings. The van der Waals surface area contributed by atoms with Crippen LogP contribution in [0.1, 0.15) is 27.7 Å². The van der Waals surface area contributed by atoms with Gasteiger partial charge in [0.15, 0.2) is 0 Å². The van der Waals surface area contributed by atoms with Gasteiger partial charge < -0.3 is 0 Å². The number of nitrogens with zero attached hydrogens (tertiary/aromatic N) is 1. The maximum atomic E-state index is 6.57. The lowest BCUT2D eigenvalue weighted by Gasteiger charge is -2.40. The molecule has 0 rings (SSSR count). The lowest BCUT2D eigenvalue weighted by Crippen LogP contribution is -2.37. The Hall–Kier alpha value is 0.897. The maximum absolute atomic E-state index is 6.57. The monoisotopic (exact) mass is 239 g/mol. The molecule has 0 aliphatic heterocycles. The highest BCUT2D eigenvalue weighted by Gasteiger charge is 2.33. The second-order valence-electron chi connectivity index (χ2n) is 5.00. The predicted octanol–water partition coefficient (Wildman–Crippen LogP) is 4.49. The van der Waals surface area contributed by atoms with Crippen molar-refractivity contribution in [3.05, 3.63) is 0 Å². The van der Waals surface area contributed by atoms with Gasteiger partial charge in [-0.25, -0.2) is 0 Å². The first-order valence-electron chi connectivity index (χ1n) is 4.92. The zero-order valence-electron chi connectivity index (χ0n) is 9.93. The highest BCUT2D eigenvalue weighted by molar-refractivity contribution is 8.10. The van der Waals surface area contributed by atoms with E-state index in [1.165, 1.54) is 0 Å². The van der Waals surface area contributed by atoms with Crippen molar-refractivity contribution in [1.29, 1.82) is 0 Å². The molecule has 0 N–H and O–H groups in total. The zero-order chi connectivity index (χ0) is 10.8. The minimum atomic E-state index is -1.19. The topological polar surface area (TPSA) is 3.24 Å². The van der Waals surface area contributed by atoms with E-state index in [4.69, 9.17) is 11.2 Å². The Morgan fingerprint density at radius 3 is 1.38 bits per heavy atom. The van der Waals surface area contributed by atoms with Crippen LogP contribution in [-0.2, 0) is 0 Å². The summed E-state index contributed by atoms with van der Waals surface area (Å²) in [7, 11) is -1.19. The van der Waals surface area contributed by atoms with Crippen LogP contribution >= 0.6 is 18.2 Å². The molecule has 0 bridgehead atoms. The van der Waals surface area contributed by atoms with Crippen LogP contribution in [0.5, 0.6) is 0 Å². The molecule has 80 valence electrons. The van der Waals surface area contributed by atoms with Crippen molar-refractivity contribution in [2.45, 2.75) is 59.4 Å². The van der Waals surface area contributed by atoms with Crippen LogP contribution < -0.4 is 0 Å². The van der Waals surface area contributed by atoms with E-state index in [2.05, 4.69) is 52.0 Å². The van der Waals surface area contributed by atoms with Gasteiger partial charge in [0.05, 0.1) is 0 Å². The standard InChI is InChI=1S/C9H23ClNPSi/c1-8(2)11(9(3)4)12(10)13(5,6)7/h8-9H,1-7H3. The molecule has 0 fully saturated rings. The molecular weight excluding hydrogens is 217 g/mol. The summed E-state index contributed by atoms with van der Waals surface area (Å²) in [6.45, 7) is 15.6. The largest absolute Gasteiger partial charge is 0.268 e. The molecule has 0 amide bonds. The van der Waals surface area contributed by atoms with Crippen LogP contribution in [0.25, 0.3) is 0 Å². The Labute approximate surface area is 90.3 Å². The van der Waals surface area contributed by atoms with Gasteiger partial charge in [0, 0.05) is 19.1 Å². The fourth-order valence-electron chi connectivity index (χ4n) is 1.35. The van der Waals surface area contributed by atoms with E-state index in [0.717, 1.165) is 0 Å². The Balaban J connectivity index is 4.56. The van der Waals surface area contributed by atoms with Crippen molar-refractivity contribution in [1.82, 2.24) is 4.67 Å². The zero-order valence-corrected chi connectivity index (χ0v) is 12.6. The van der Waals surface area contributed by atoms with E-state index >= 15 is 0 Å². The fraction of sp³-hybridized carbons (Fsp3) is 1.00. The maximum Gasteiger partial charge on any atom is 0.109 e. The van der Waals surface area contributed by atoms with Crippen molar-refractivity contribution in [2.75, 3.05) is 0 Å². The molecule has 0 aromatic rings. The Bertz CT molecular complexity index is 148. The van der Waals surface area contributed by atoms with Crippen molar-refractivity contribution in [2.24, 2.45) is 0 Å². The van der Waals surface area contributed by atoms with Crippen LogP contribution in [0, 0.1) is 0 Å². The number of rotatable bonds is 4. The van der Waals surface area contributed by atoms with Crippen molar-refractivity contribution in [3.63, 3.8) is 0 Å². The quantitative estimate of drug-likeness (QED) is 0.516.